The van der Waals surface area contributed by atoms with Gasteiger partial charge in [0.2, 0.25) is 11.8 Å². The zero-order chi connectivity index (χ0) is 17.4. The van der Waals surface area contributed by atoms with Gasteiger partial charge in [0.15, 0.2) is 0 Å². The first kappa shape index (κ1) is 16.3. The number of piperidine rings is 1. The topological polar surface area (TPSA) is 81.7 Å². The molecule has 6 nitrogen and oxygen atoms in total. The molecule has 1 aliphatic carbocycles. The van der Waals surface area contributed by atoms with E-state index in [0.717, 1.165) is 13.0 Å². The molecule has 4 rings (SSSR count). The maximum Gasteiger partial charge on any atom is 0.247 e. The molecule has 2 amide bonds. The highest BCUT2D eigenvalue weighted by Crippen LogP contribution is 2.58. The van der Waals surface area contributed by atoms with Crippen LogP contribution in [0.15, 0.2) is 36.4 Å². The highest BCUT2D eigenvalue weighted by Gasteiger charge is 2.61. The summed E-state index contributed by atoms with van der Waals surface area (Å²) in [6, 6.07) is 10.2. The van der Waals surface area contributed by atoms with Crippen LogP contribution < -0.4 is 10.8 Å². The lowest BCUT2D eigenvalue weighted by Gasteiger charge is -2.30. The number of amides is 2. The average molecular weight is 341 g/mol. The summed E-state index contributed by atoms with van der Waals surface area (Å²) >= 11 is 0. The largest absolute Gasteiger partial charge is 0.334 e. The van der Waals surface area contributed by atoms with Gasteiger partial charge in [0.1, 0.15) is 0 Å². The van der Waals surface area contributed by atoms with Crippen LogP contribution in [0.2, 0.25) is 0 Å². The van der Waals surface area contributed by atoms with Crippen LogP contribution in [-0.4, -0.2) is 48.1 Å². The molecule has 1 spiro atoms. The van der Waals surface area contributed by atoms with Gasteiger partial charge in [-0.15, -0.1) is 0 Å². The Hall–Kier alpha value is -2.18. The van der Waals surface area contributed by atoms with Crippen LogP contribution in [0.5, 0.6) is 0 Å². The standard InChI is InChI=1S/C19H23N3O3/c23-17(21-25)15-8-19(12-20-10-15)9-16(19)18(24)22-7-6-14(11-22)13-4-2-1-3-5-13/h1-6,15-16,20,25H,7-12H2,(H,21,23). The summed E-state index contributed by atoms with van der Waals surface area (Å²) < 4.78 is 0. The number of nitrogens with one attached hydrogen (secondary N) is 2. The Morgan fingerprint density at radius 1 is 1.24 bits per heavy atom. The van der Waals surface area contributed by atoms with Crippen molar-refractivity contribution in [3.05, 3.63) is 42.0 Å². The summed E-state index contributed by atoms with van der Waals surface area (Å²) in [6.45, 7) is 2.64. The molecular weight excluding hydrogens is 318 g/mol. The Bertz CT molecular complexity index is 718. The first-order valence-corrected chi connectivity index (χ1v) is 8.81. The maximum atomic E-state index is 12.9. The number of nitrogens with zero attached hydrogens (tertiary/aromatic N) is 1. The number of hydrogen-bond donors (Lipinski definition) is 3. The van der Waals surface area contributed by atoms with E-state index in [1.165, 1.54) is 11.1 Å². The average Bonchev–Trinajstić information content (AvgIpc) is 3.11. The molecular formula is C19H23N3O3. The second-order valence-corrected chi connectivity index (χ2v) is 7.44. The minimum absolute atomic E-state index is 0.0159. The molecule has 2 fully saturated rings. The summed E-state index contributed by atoms with van der Waals surface area (Å²) in [4.78, 5) is 26.5. The smallest absolute Gasteiger partial charge is 0.247 e. The van der Waals surface area contributed by atoms with E-state index in [1.54, 1.807) is 5.48 Å². The van der Waals surface area contributed by atoms with E-state index in [1.807, 2.05) is 23.1 Å². The highest BCUT2D eigenvalue weighted by molar-refractivity contribution is 5.87. The monoisotopic (exact) mass is 341 g/mol. The molecule has 25 heavy (non-hydrogen) atoms. The van der Waals surface area contributed by atoms with E-state index >= 15 is 0 Å². The molecule has 3 atom stereocenters. The van der Waals surface area contributed by atoms with Gasteiger partial charge >= 0.3 is 0 Å². The molecule has 3 N–H and O–H groups in total. The Balaban J connectivity index is 1.38. The number of carbonyl (C=O) groups excluding carboxylic acids is 2. The molecule has 1 aromatic rings. The quantitative estimate of drug-likeness (QED) is 0.567. The van der Waals surface area contributed by atoms with E-state index < -0.39 is 0 Å². The summed E-state index contributed by atoms with van der Waals surface area (Å²) in [5, 5.41) is 12.1. The van der Waals surface area contributed by atoms with E-state index in [9.17, 15) is 9.59 Å². The molecule has 3 unspecified atom stereocenters. The van der Waals surface area contributed by atoms with Gasteiger partial charge in [-0.3, -0.25) is 14.8 Å². The van der Waals surface area contributed by atoms with Crippen molar-refractivity contribution < 1.29 is 14.8 Å². The van der Waals surface area contributed by atoms with E-state index in [4.69, 9.17) is 5.21 Å². The molecule has 1 saturated heterocycles. The lowest BCUT2D eigenvalue weighted by atomic mass is 9.85. The predicted molar refractivity (Wildman–Crippen MR) is 92.4 cm³/mol. The normalized spacial score (nSPS) is 30.9. The van der Waals surface area contributed by atoms with Crippen LogP contribution in [0.4, 0.5) is 0 Å². The lowest BCUT2D eigenvalue weighted by molar-refractivity contribution is -0.136. The fraction of sp³-hybridized carbons (Fsp3) is 0.474. The minimum atomic E-state index is -0.362. The van der Waals surface area contributed by atoms with E-state index in [-0.39, 0.29) is 29.1 Å². The van der Waals surface area contributed by atoms with Crippen LogP contribution in [-0.2, 0) is 9.59 Å². The Labute approximate surface area is 146 Å². The molecule has 6 heteroatoms. The number of rotatable bonds is 3. The van der Waals surface area contributed by atoms with Crippen LogP contribution >= 0.6 is 0 Å². The van der Waals surface area contributed by atoms with Crippen molar-refractivity contribution in [3.63, 3.8) is 0 Å². The third kappa shape index (κ3) is 2.96. The van der Waals surface area contributed by atoms with Gasteiger partial charge in [0, 0.05) is 32.1 Å². The molecule has 0 aromatic heterocycles. The van der Waals surface area contributed by atoms with E-state index in [2.05, 4.69) is 23.5 Å². The first-order valence-electron chi connectivity index (χ1n) is 8.81. The molecule has 2 heterocycles. The summed E-state index contributed by atoms with van der Waals surface area (Å²) in [5.41, 5.74) is 3.98. The fourth-order valence-corrected chi connectivity index (χ4v) is 4.33. The van der Waals surface area contributed by atoms with Crippen molar-refractivity contribution in [1.82, 2.24) is 15.7 Å². The lowest BCUT2D eigenvalue weighted by Crippen LogP contribution is -2.46. The molecule has 132 valence electrons. The van der Waals surface area contributed by atoms with Crippen LogP contribution in [0, 0.1) is 17.3 Å². The second-order valence-electron chi connectivity index (χ2n) is 7.44. The predicted octanol–water partition coefficient (Wildman–Crippen LogP) is 1.03. The Kier molecular flexibility index (Phi) is 4.09. The van der Waals surface area contributed by atoms with Crippen LogP contribution in [0.25, 0.3) is 5.57 Å². The van der Waals surface area contributed by atoms with Crippen molar-refractivity contribution in [2.75, 3.05) is 26.2 Å². The third-order valence-corrected chi connectivity index (χ3v) is 5.87. The molecule has 0 bridgehead atoms. The number of carbonyl (C=O) groups is 2. The van der Waals surface area contributed by atoms with Gasteiger partial charge in [0.25, 0.3) is 0 Å². The highest BCUT2D eigenvalue weighted by atomic mass is 16.5. The zero-order valence-corrected chi connectivity index (χ0v) is 14.1. The SMILES string of the molecule is O=C(NO)C1CNCC2(C1)CC2C(=O)N1CC=C(c2ccccc2)C1. The van der Waals surface area contributed by atoms with Gasteiger partial charge in [-0.1, -0.05) is 36.4 Å². The third-order valence-electron chi connectivity index (χ3n) is 5.87. The number of benzene rings is 1. The van der Waals surface area contributed by atoms with Gasteiger partial charge in [-0.2, -0.15) is 0 Å². The maximum absolute atomic E-state index is 12.9. The number of hydrogen-bond acceptors (Lipinski definition) is 4. The van der Waals surface area contributed by atoms with Crippen molar-refractivity contribution in [2.45, 2.75) is 12.8 Å². The van der Waals surface area contributed by atoms with E-state index in [0.29, 0.717) is 26.1 Å². The van der Waals surface area contributed by atoms with Crippen LogP contribution in [0.1, 0.15) is 18.4 Å². The van der Waals surface area contributed by atoms with Crippen molar-refractivity contribution >= 4 is 17.4 Å². The summed E-state index contributed by atoms with van der Waals surface area (Å²) in [6.07, 6.45) is 3.62. The molecule has 1 aromatic carbocycles. The van der Waals surface area contributed by atoms with Gasteiger partial charge in [-0.25, -0.2) is 5.48 Å². The fourth-order valence-electron chi connectivity index (χ4n) is 4.33. The second kappa shape index (κ2) is 6.28. The molecule has 3 aliphatic rings. The first-order chi connectivity index (χ1) is 12.1. The zero-order valence-electron chi connectivity index (χ0n) is 14.1. The Morgan fingerprint density at radius 2 is 2.04 bits per heavy atom. The van der Waals surface area contributed by atoms with Gasteiger partial charge in [-0.05, 0) is 29.4 Å². The van der Waals surface area contributed by atoms with Crippen molar-refractivity contribution in [1.29, 1.82) is 0 Å². The molecule has 0 radical (unpaired) electrons. The molecule has 1 saturated carbocycles. The van der Waals surface area contributed by atoms with Gasteiger partial charge in [0.05, 0.1) is 5.92 Å². The van der Waals surface area contributed by atoms with Crippen molar-refractivity contribution in [3.8, 4) is 0 Å². The Morgan fingerprint density at radius 3 is 2.80 bits per heavy atom. The van der Waals surface area contributed by atoms with Crippen molar-refractivity contribution in [2.24, 2.45) is 17.3 Å². The molecule has 2 aliphatic heterocycles. The number of hydroxylamine groups is 1. The van der Waals surface area contributed by atoms with Gasteiger partial charge < -0.3 is 10.2 Å². The summed E-state index contributed by atoms with van der Waals surface area (Å²) in [5.74, 6) is -0.459. The minimum Gasteiger partial charge on any atom is -0.334 e. The summed E-state index contributed by atoms with van der Waals surface area (Å²) in [7, 11) is 0. The van der Waals surface area contributed by atoms with Crippen LogP contribution in [0.3, 0.4) is 0 Å².